The smallest absolute Gasteiger partial charge is 0.313 e. The van der Waals surface area contributed by atoms with Crippen LogP contribution in [0.1, 0.15) is 73.6 Å². The summed E-state index contributed by atoms with van der Waals surface area (Å²) in [6, 6.07) is 0. The zero-order chi connectivity index (χ0) is 27.1. The molecule has 3 fully saturated rings. The zero-order valence-corrected chi connectivity index (χ0v) is 22.4. The van der Waals surface area contributed by atoms with Gasteiger partial charge in [0, 0.05) is 24.2 Å². The Morgan fingerprint density at radius 3 is 2.06 bits per heavy atom. The van der Waals surface area contributed by atoms with E-state index in [0.29, 0.717) is 18.1 Å². The largest absolute Gasteiger partial charge is 0.481 e. The molecule has 3 aliphatic carbocycles. The van der Waals surface area contributed by atoms with Crippen molar-refractivity contribution in [2.75, 3.05) is 5.75 Å². The van der Waals surface area contributed by atoms with Crippen LogP contribution in [-0.4, -0.2) is 38.9 Å². The lowest BCUT2D eigenvalue weighted by molar-refractivity contribution is -0.134. The molecular weight excluding hydrogens is 448 g/mol. The second-order valence-electron chi connectivity index (χ2n) is 10.00. The standard InChI is InChI=1S/C20H32O2.C4H6O3S.2C2H2/c1-7-17(5)11-12-18(6)14(4)20(18)15(21)9-10-19(20,8-2)13(3)16(17)22;1-3(5)8-2-4(6)7;2*1-2/h7,13-14,16,22H,1,8-12H2,2-6H3;2H2,1H3,(H,6,7);2*1-2H/t13-,14?,16-,17+,18+,19-,20?;;;/m0.../s1. The number of carbonyl (C=O) groups is 3. The fourth-order valence-corrected chi connectivity index (χ4v) is 7.53. The molecule has 0 aromatic rings. The fourth-order valence-electron chi connectivity index (χ4n) is 7.20. The van der Waals surface area contributed by atoms with Crippen LogP contribution in [-0.2, 0) is 14.4 Å². The van der Waals surface area contributed by atoms with Crippen LogP contribution in [0.3, 0.4) is 0 Å². The van der Waals surface area contributed by atoms with Crippen LogP contribution >= 0.6 is 11.8 Å². The molecule has 3 rings (SSSR count). The Morgan fingerprint density at radius 2 is 1.68 bits per heavy atom. The maximum atomic E-state index is 13.0. The monoisotopic (exact) mass is 490 g/mol. The molecule has 190 valence electrons. The lowest BCUT2D eigenvalue weighted by atomic mass is 9.54. The lowest BCUT2D eigenvalue weighted by Crippen LogP contribution is -2.50. The maximum absolute atomic E-state index is 13.0. The second-order valence-corrected chi connectivity index (χ2v) is 11.1. The molecule has 2 N–H and O–H groups in total. The number of hydrogen-bond acceptors (Lipinski definition) is 5. The second kappa shape index (κ2) is 12.1. The maximum Gasteiger partial charge on any atom is 0.313 e. The summed E-state index contributed by atoms with van der Waals surface area (Å²) in [7, 11) is 0. The first-order valence-corrected chi connectivity index (χ1v) is 12.7. The highest BCUT2D eigenvalue weighted by atomic mass is 32.2. The topological polar surface area (TPSA) is 91.7 Å². The summed E-state index contributed by atoms with van der Waals surface area (Å²) in [6.07, 6.45) is 22.1. The number of thioether (sulfide) groups is 1. The molecule has 0 aromatic carbocycles. The molecule has 34 heavy (non-hydrogen) atoms. The Labute approximate surface area is 210 Å². The number of ketones is 1. The van der Waals surface area contributed by atoms with Crippen LogP contribution in [0.5, 0.6) is 0 Å². The summed E-state index contributed by atoms with van der Waals surface area (Å²) in [5, 5.41) is 19.0. The van der Waals surface area contributed by atoms with Gasteiger partial charge in [-0.25, -0.2) is 0 Å². The van der Waals surface area contributed by atoms with E-state index >= 15 is 0 Å². The molecule has 1 spiro atoms. The van der Waals surface area contributed by atoms with E-state index in [1.54, 1.807) is 0 Å². The lowest BCUT2D eigenvalue weighted by Gasteiger charge is -2.50. The third kappa shape index (κ3) is 4.86. The molecule has 5 nitrogen and oxygen atoms in total. The minimum Gasteiger partial charge on any atom is -0.481 e. The van der Waals surface area contributed by atoms with Gasteiger partial charge < -0.3 is 10.2 Å². The Morgan fingerprint density at radius 1 is 1.15 bits per heavy atom. The third-order valence-electron chi connectivity index (χ3n) is 9.15. The average molecular weight is 491 g/mol. The Bertz CT molecular complexity index is 796. The number of terminal acetylenes is 2. The molecule has 0 aromatic heterocycles. The summed E-state index contributed by atoms with van der Waals surface area (Å²) in [5.74, 6) is -0.0286. The Balaban J connectivity index is 0.000000769. The highest BCUT2D eigenvalue weighted by molar-refractivity contribution is 8.14. The summed E-state index contributed by atoms with van der Waals surface area (Å²) < 4.78 is 0. The van der Waals surface area contributed by atoms with Crippen molar-refractivity contribution in [1.82, 2.24) is 0 Å². The van der Waals surface area contributed by atoms with Crippen molar-refractivity contribution < 1.29 is 24.6 Å². The molecular formula is C28H42O5S. The van der Waals surface area contributed by atoms with Crippen LogP contribution in [0.25, 0.3) is 0 Å². The third-order valence-corrected chi connectivity index (χ3v) is 9.94. The molecule has 2 unspecified atom stereocenters. The molecule has 0 heterocycles. The van der Waals surface area contributed by atoms with Gasteiger partial charge in [0.25, 0.3) is 0 Å². The molecule has 0 radical (unpaired) electrons. The summed E-state index contributed by atoms with van der Waals surface area (Å²) in [6.45, 7) is 16.5. The highest BCUT2D eigenvalue weighted by Gasteiger charge is 2.84. The zero-order valence-electron chi connectivity index (χ0n) is 21.6. The van der Waals surface area contributed by atoms with Crippen LogP contribution in [0.15, 0.2) is 12.7 Å². The van der Waals surface area contributed by atoms with Gasteiger partial charge in [-0.05, 0) is 48.3 Å². The minimum absolute atomic E-state index is 0.0393. The first-order valence-electron chi connectivity index (χ1n) is 11.7. The molecule has 7 atom stereocenters. The predicted molar refractivity (Wildman–Crippen MR) is 140 cm³/mol. The van der Waals surface area contributed by atoms with Crippen LogP contribution in [0.2, 0.25) is 0 Å². The van der Waals surface area contributed by atoms with E-state index in [0.717, 1.165) is 37.4 Å². The predicted octanol–water partition coefficient (Wildman–Crippen LogP) is 5.22. The first kappa shape index (κ1) is 32.0. The van der Waals surface area contributed by atoms with Gasteiger partial charge in [0.15, 0.2) is 5.12 Å². The summed E-state index contributed by atoms with van der Waals surface area (Å²) >= 11 is 0.801. The molecule has 0 amide bonds. The molecule has 0 aliphatic heterocycles. The van der Waals surface area contributed by atoms with E-state index in [1.807, 2.05) is 6.08 Å². The fraction of sp³-hybridized carbons (Fsp3) is 0.679. The van der Waals surface area contributed by atoms with Crippen molar-refractivity contribution in [1.29, 1.82) is 0 Å². The van der Waals surface area contributed by atoms with Crippen molar-refractivity contribution >= 4 is 28.6 Å². The van der Waals surface area contributed by atoms with E-state index in [4.69, 9.17) is 5.11 Å². The van der Waals surface area contributed by atoms with E-state index in [-0.39, 0.29) is 38.4 Å². The molecule has 0 saturated heterocycles. The van der Waals surface area contributed by atoms with E-state index < -0.39 is 12.1 Å². The SMILES string of the molecule is C#C.C#C.C=C[C@]1(C)CC[C@]2(C)C(C)C23C(=O)CC[C@@]3(CC)[C@@H](C)[C@@H]1O.CC(=O)SCC(=O)O. The molecule has 6 heteroatoms. The summed E-state index contributed by atoms with van der Waals surface area (Å²) in [4.78, 5) is 32.8. The van der Waals surface area contributed by atoms with Crippen molar-refractivity contribution in [3.8, 4) is 25.7 Å². The number of aliphatic carboxylic acids is 1. The van der Waals surface area contributed by atoms with Crippen LogP contribution in [0.4, 0.5) is 0 Å². The number of Topliss-reactive ketones (excluding diaryl/α,β-unsaturated/α-hetero) is 1. The van der Waals surface area contributed by atoms with E-state index in [9.17, 15) is 19.5 Å². The van der Waals surface area contributed by atoms with Gasteiger partial charge in [-0.15, -0.1) is 32.3 Å². The van der Waals surface area contributed by atoms with Crippen LogP contribution in [0, 0.1) is 59.2 Å². The van der Waals surface area contributed by atoms with Gasteiger partial charge in [0.1, 0.15) is 5.78 Å². The van der Waals surface area contributed by atoms with Gasteiger partial charge in [-0.3, -0.25) is 14.4 Å². The number of rotatable bonds is 4. The number of aliphatic hydroxyl groups is 1. The van der Waals surface area contributed by atoms with Crippen molar-refractivity contribution in [2.24, 2.45) is 33.5 Å². The minimum atomic E-state index is -0.954. The highest BCUT2D eigenvalue weighted by Crippen LogP contribution is 2.85. The summed E-state index contributed by atoms with van der Waals surface area (Å²) in [5.41, 5.74) is -0.361. The number of carboxylic acid groups (broad SMARTS) is 1. The van der Waals surface area contributed by atoms with Gasteiger partial charge in [0.2, 0.25) is 0 Å². The van der Waals surface area contributed by atoms with Crippen molar-refractivity contribution in [2.45, 2.75) is 79.8 Å². The Kier molecular flexibility index (Phi) is 11.4. The molecule has 0 bridgehead atoms. The number of aliphatic hydroxyl groups excluding tert-OH is 1. The number of hydrogen-bond donors (Lipinski definition) is 2. The van der Waals surface area contributed by atoms with E-state index in [2.05, 4.69) is 66.9 Å². The van der Waals surface area contributed by atoms with Crippen LogP contribution < -0.4 is 0 Å². The van der Waals surface area contributed by atoms with Gasteiger partial charge in [0.05, 0.1) is 11.9 Å². The van der Waals surface area contributed by atoms with E-state index in [1.165, 1.54) is 6.92 Å². The first-order chi connectivity index (χ1) is 15.8. The average Bonchev–Trinajstić information content (AvgIpc) is 3.16. The molecule has 3 aliphatic rings. The quantitative estimate of drug-likeness (QED) is 0.415. The number of carboxylic acids is 1. The number of carbonyl (C=O) groups excluding carboxylic acids is 2. The van der Waals surface area contributed by atoms with Crippen molar-refractivity contribution in [3.63, 3.8) is 0 Å². The van der Waals surface area contributed by atoms with Gasteiger partial charge in [-0.2, -0.15) is 0 Å². The normalized spacial score (nSPS) is 39.4. The Hall–Kier alpha value is -2.02. The van der Waals surface area contributed by atoms with Gasteiger partial charge in [-0.1, -0.05) is 52.5 Å². The van der Waals surface area contributed by atoms with Gasteiger partial charge >= 0.3 is 5.97 Å². The molecule has 3 saturated carbocycles. The van der Waals surface area contributed by atoms with Crippen molar-refractivity contribution in [3.05, 3.63) is 12.7 Å².